The lowest BCUT2D eigenvalue weighted by Gasteiger charge is -2.20. The van der Waals surface area contributed by atoms with Crippen LogP contribution in [0.15, 0.2) is 47.1 Å². The molecule has 0 saturated carbocycles. The first-order valence-electron chi connectivity index (χ1n) is 7.79. The highest BCUT2D eigenvalue weighted by atomic mass is 16.3. The van der Waals surface area contributed by atoms with Crippen LogP contribution in [0, 0.1) is 0 Å². The largest absolute Gasteiger partial charge is 0.467 e. The minimum absolute atomic E-state index is 0.116. The van der Waals surface area contributed by atoms with E-state index in [0.29, 0.717) is 23.6 Å². The molecule has 24 heavy (non-hydrogen) atoms. The highest BCUT2D eigenvalue weighted by molar-refractivity contribution is 5.95. The van der Waals surface area contributed by atoms with Gasteiger partial charge in [-0.15, -0.1) is 0 Å². The van der Waals surface area contributed by atoms with Crippen molar-refractivity contribution in [3.63, 3.8) is 0 Å². The first kappa shape index (κ1) is 17.6. The van der Waals surface area contributed by atoms with Gasteiger partial charge in [-0.2, -0.15) is 0 Å². The zero-order chi connectivity index (χ0) is 17.6. The van der Waals surface area contributed by atoms with Crippen LogP contribution in [0.25, 0.3) is 0 Å². The predicted molar refractivity (Wildman–Crippen MR) is 92.7 cm³/mol. The van der Waals surface area contributed by atoms with Gasteiger partial charge in [0.15, 0.2) is 0 Å². The van der Waals surface area contributed by atoms with Crippen molar-refractivity contribution in [3.8, 4) is 0 Å². The molecule has 128 valence electrons. The van der Waals surface area contributed by atoms with Crippen molar-refractivity contribution in [1.29, 1.82) is 0 Å². The van der Waals surface area contributed by atoms with E-state index in [1.165, 1.54) is 0 Å². The van der Waals surface area contributed by atoms with Gasteiger partial charge in [0.05, 0.1) is 19.4 Å². The Morgan fingerprint density at radius 3 is 2.58 bits per heavy atom. The van der Waals surface area contributed by atoms with Crippen LogP contribution in [-0.4, -0.2) is 23.9 Å². The third-order valence-electron chi connectivity index (χ3n) is 3.11. The molecular formula is C18H23N3O3. The van der Waals surface area contributed by atoms with Crippen molar-refractivity contribution in [1.82, 2.24) is 10.6 Å². The van der Waals surface area contributed by atoms with Gasteiger partial charge in [0.2, 0.25) is 5.91 Å². The van der Waals surface area contributed by atoms with E-state index in [1.54, 1.807) is 36.6 Å². The Kier molecular flexibility index (Phi) is 5.63. The van der Waals surface area contributed by atoms with E-state index in [0.717, 1.165) is 0 Å². The molecule has 0 radical (unpaired) electrons. The van der Waals surface area contributed by atoms with E-state index in [9.17, 15) is 9.59 Å². The summed E-state index contributed by atoms with van der Waals surface area (Å²) in [6.07, 6.45) is 1.56. The topological polar surface area (TPSA) is 83.4 Å². The Bertz CT molecular complexity index is 688. The smallest absolute Gasteiger partial charge is 0.251 e. The van der Waals surface area contributed by atoms with Crippen LogP contribution in [0.5, 0.6) is 0 Å². The van der Waals surface area contributed by atoms with Gasteiger partial charge in [0.25, 0.3) is 5.91 Å². The lowest BCUT2D eigenvalue weighted by atomic mass is 10.1. The van der Waals surface area contributed by atoms with E-state index in [1.807, 2.05) is 26.8 Å². The molecule has 2 amide bonds. The van der Waals surface area contributed by atoms with Gasteiger partial charge in [0, 0.05) is 16.8 Å². The molecule has 3 N–H and O–H groups in total. The minimum atomic E-state index is -0.299. The maximum Gasteiger partial charge on any atom is 0.251 e. The van der Waals surface area contributed by atoms with Gasteiger partial charge in [-0.25, -0.2) is 0 Å². The van der Waals surface area contributed by atoms with Gasteiger partial charge >= 0.3 is 0 Å². The summed E-state index contributed by atoms with van der Waals surface area (Å²) in [5.41, 5.74) is 0.960. The van der Waals surface area contributed by atoms with E-state index in [-0.39, 0.29) is 23.9 Å². The number of nitrogens with one attached hydrogen (secondary N) is 3. The number of furan rings is 1. The second-order valence-corrected chi connectivity index (χ2v) is 6.49. The summed E-state index contributed by atoms with van der Waals surface area (Å²) in [6, 6.07) is 10.6. The number of hydrogen-bond donors (Lipinski definition) is 3. The Morgan fingerprint density at radius 1 is 1.12 bits per heavy atom. The van der Waals surface area contributed by atoms with Gasteiger partial charge < -0.3 is 20.4 Å². The molecule has 0 unspecified atom stereocenters. The van der Waals surface area contributed by atoms with Gasteiger partial charge in [-0.05, 0) is 51.1 Å². The fourth-order valence-electron chi connectivity index (χ4n) is 2.03. The van der Waals surface area contributed by atoms with Crippen LogP contribution in [-0.2, 0) is 11.3 Å². The molecule has 1 aromatic carbocycles. The van der Waals surface area contributed by atoms with E-state index >= 15 is 0 Å². The van der Waals surface area contributed by atoms with E-state index in [2.05, 4.69) is 16.0 Å². The number of rotatable bonds is 6. The first-order valence-corrected chi connectivity index (χ1v) is 7.79. The molecule has 0 fully saturated rings. The molecule has 0 spiro atoms. The van der Waals surface area contributed by atoms with Crippen LogP contribution in [0.3, 0.4) is 0 Å². The van der Waals surface area contributed by atoms with Crippen molar-refractivity contribution in [3.05, 3.63) is 54.0 Å². The fraction of sp³-hybridized carbons (Fsp3) is 0.333. The second kappa shape index (κ2) is 7.68. The van der Waals surface area contributed by atoms with E-state index < -0.39 is 0 Å². The average molecular weight is 329 g/mol. The highest BCUT2D eigenvalue weighted by Gasteiger charge is 2.15. The van der Waals surface area contributed by atoms with Crippen LogP contribution >= 0.6 is 0 Å². The quantitative estimate of drug-likeness (QED) is 0.760. The first-order chi connectivity index (χ1) is 11.3. The van der Waals surface area contributed by atoms with Crippen LogP contribution in [0.2, 0.25) is 0 Å². The van der Waals surface area contributed by atoms with Gasteiger partial charge in [-0.3, -0.25) is 9.59 Å². The minimum Gasteiger partial charge on any atom is -0.467 e. The van der Waals surface area contributed by atoms with Crippen LogP contribution in [0.1, 0.15) is 36.9 Å². The maximum atomic E-state index is 12.2. The summed E-state index contributed by atoms with van der Waals surface area (Å²) >= 11 is 0. The third-order valence-corrected chi connectivity index (χ3v) is 3.11. The van der Waals surface area contributed by atoms with Crippen LogP contribution in [0.4, 0.5) is 5.69 Å². The summed E-state index contributed by atoms with van der Waals surface area (Å²) in [6.45, 7) is 6.25. The zero-order valence-electron chi connectivity index (χ0n) is 14.2. The zero-order valence-corrected chi connectivity index (χ0v) is 14.2. The Morgan fingerprint density at radius 2 is 1.92 bits per heavy atom. The molecule has 0 bridgehead atoms. The molecule has 6 nitrogen and oxygen atoms in total. The molecule has 1 aromatic heterocycles. The summed E-state index contributed by atoms with van der Waals surface area (Å²) < 4.78 is 5.15. The second-order valence-electron chi connectivity index (χ2n) is 6.49. The van der Waals surface area contributed by atoms with Crippen molar-refractivity contribution in [2.24, 2.45) is 0 Å². The highest BCUT2D eigenvalue weighted by Crippen LogP contribution is 2.12. The molecule has 0 aliphatic carbocycles. The maximum absolute atomic E-state index is 12.2. The average Bonchev–Trinajstić information content (AvgIpc) is 3.03. The SMILES string of the molecule is CC(C)(C)NC(=O)c1cccc(NCC(=O)NCc2ccco2)c1. The molecule has 0 saturated heterocycles. The summed E-state index contributed by atoms with van der Waals surface area (Å²) in [5.74, 6) is 0.397. The normalized spacial score (nSPS) is 11.0. The van der Waals surface area contributed by atoms with Crippen molar-refractivity contribution in [2.45, 2.75) is 32.9 Å². The standard InChI is InChI=1S/C18H23N3O3/c1-18(2,3)21-17(23)13-6-4-7-14(10-13)19-12-16(22)20-11-15-8-5-9-24-15/h4-10,19H,11-12H2,1-3H3,(H,20,22)(H,21,23). The Balaban J connectivity index is 1.85. The summed E-state index contributed by atoms with van der Waals surface area (Å²) in [5, 5.41) is 8.67. The number of carbonyl (C=O) groups excluding carboxylic acids is 2. The number of carbonyl (C=O) groups is 2. The molecule has 0 aliphatic rings. The number of amides is 2. The molecule has 2 rings (SSSR count). The fourth-order valence-corrected chi connectivity index (χ4v) is 2.03. The molecule has 1 heterocycles. The number of hydrogen-bond acceptors (Lipinski definition) is 4. The summed E-state index contributed by atoms with van der Waals surface area (Å²) in [7, 11) is 0. The van der Waals surface area contributed by atoms with Crippen LogP contribution < -0.4 is 16.0 Å². The van der Waals surface area contributed by atoms with Crippen molar-refractivity contribution >= 4 is 17.5 Å². The molecule has 0 aliphatic heterocycles. The van der Waals surface area contributed by atoms with Crippen molar-refractivity contribution < 1.29 is 14.0 Å². The lowest BCUT2D eigenvalue weighted by Crippen LogP contribution is -2.40. The number of benzene rings is 1. The van der Waals surface area contributed by atoms with Crippen molar-refractivity contribution in [2.75, 3.05) is 11.9 Å². The lowest BCUT2D eigenvalue weighted by molar-refractivity contribution is -0.119. The van der Waals surface area contributed by atoms with E-state index in [4.69, 9.17) is 4.42 Å². The Hall–Kier alpha value is -2.76. The van der Waals surface area contributed by atoms with Gasteiger partial charge in [0.1, 0.15) is 5.76 Å². The third kappa shape index (κ3) is 5.79. The predicted octanol–water partition coefficient (Wildman–Crippen LogP) is 2.54. The molecule has 0 atom stereocenters. The van der Waals surface area contributed by atoms with Gasteiger partial charge in [-0.1, -0.05) is 6.07 Å². The monoisotopic (exact) mass is 329 g/mol. The molecule has 2 aromatic rings. The Labute approximate surface area is 141 Å². The number of anilines is 1. The molecule has 6 heteroatoms. The molecular weight excluding hydrogens is 306 g/mol. The summed E-state index contributed by atoms with van der Waals surface area (Å²) in [4.78, 5) is 24.0.